The molecule has 1 amide bonds. The highest BCUT2D eigenvalue weighted by Gasteiger charge is 2.46. The summed E-state index contributed by atoms with van der Waals surface area (Å²) in [6.45, 7) is 6.22. The Kier molecular flexibility index (Phi) is 3.23. The first-order chi connectivity index (χ1) is 8.26. The van der Waals surface area contributed by atoms with Crippen LogP contribution in [0, 0.1) is 5.92 Å². The summed E-state index contributed by atoms with van der Waals surface area (Å²) in [7, 11) is 0. The van der Waals surface area contributed by atoms with Crippen LogP contribution < -0.4 is 0 Å². The molecule has 3 atom stereocenters. The molecule has 6 heteroatoms. The van der Waals surface area contributed by atoms with Crippen LogP contribution >= 0.6 is 0 Å². The normalized spacial score (nSPS) is 31.3. The van der Waals surface area contributed by atoms with E-state index in [1.165, 1.54) is 0 Å². The lowest BCUT2D eigenvalue weighted by Crippen LogP contribution is -2.46. The summed E-state index contributed by atoms with van der Waals surface area (Å²) >= 11 is 0. The molecule has 2 aliphatic rings. The smallest absolute Gasteiger partial charge is 0.410 e. The molecule has 1 N–H and O–H groups in total. The van der Waals surface area contributed by atoms with Crippen molar-refractivity contribution in [3.8, 4) is 0 Å². The molecule has 0 aromatic heterocycles. The summed E-state index contributed by atoms with van der Waals surface area (Å²) in [4.78, 5) is 24.4. The molecular weight excluding hydrogens is 238 g/mol. The number of nitrogens with zero attached hydrogens (tertiary/aromatic N) is 1. The van der Waals surface area contributed by atoms with Crippen LogP contribution in [0.5, 0.6) is 0 Å². The quantitative estimate of drug-likeness (QED) is 0.761. The lowest BCUT2D eigenvalue weighted by atomic mass is 9.95. The highest BCUT2D eigenvalue weighted by atomic mass is 16.6. The molecule has 2 aliphatic heterocycles. The Morgan fingerprint density at radius 3 is 2.56 bits per heavy atom. The minimum atomic E-state index is -0.950. The van der Waals surface area contributed by atoms with E-state index in [4.69, 9.17) is 14.6 Å². The Morgan fingerprint density at radius 1 is 1.33 bits per heavy atom. The Balaban J connectivity index is 1.99. The number of carbonyl (C=O) groups is 2. The second-order valence-electron chi connectivity index (χ2n) is 5.90. The van der Waals surface area contributed by atoms with E-state index in [1.807, 2.05) is 0 Å². The minimum Gasteiger partial charge on any atom is -0.479 e. The maximum atomic E-state index is 11.9. The number of piperidine rings is 1. The fourth-order valence-corrected chi connectivity index (χ4v) is 2.46. The second-order valence-corrected chi connectivity index (χ2v) is 5.90. The third kappa shape index (κ3) is 2.75. The molecule has 0 aromatic rings. The summed E-state index contributed by atoms with van der Waals surface area (Å²) < 4.78 is 10.7. The van der Waals surface area contributed by atoms with Crippen LogP contribution in [0.25, 0.3) is 0 Å². The topological polar surface area (TPSA) is 76.1 Å². The van der Waals surface area contributed by atoms with Crippen LogP contribution in [0.15, 0.2) is 0 Å². The molecule has 2 rings (SSSR count). The third-order valence-electron chi connectivity index (χ3n) is 3.11. The molecule has 18 heavy (non-hydrogen) atoms. The maximum Gasteiger partial charge on any atom is 0.410 e. The van der Waals surface area contributed by atoms with Gasteiger partial charge in [-0.05, 0) is 27.2 Å². The van der Waals surface area contributed by atoms with Gasteiger partial charge >= 0.3 is 12.1 Å². The number of fused-ring (bicyclic) bond motifs is 2. The van der Waals surface area contributed by atoms with Gasteiger partial charge in [0.15, 0.2) is 6.10 Å². The van der Waals surface area contributed by atoms with E-state index in [1.54, 1.807) is 25.7 Å². The first-order valence-electron chi connectivity index (χ1n) is 6.12. The molecule has 0 radical (unpaired) electrons. The molecule has 0 aliphatic carbocycles. The van der Waals surface area contributed by atoms with Crippen molar-refractivity contribution in [2.24, 2.45) is 5.92 Å². The third-order valence-corrected chi connectivity index (χ3v) is 3.11. The SMILES string of the molecule is CC(C)(C)OC(=O)N1C[C@@H]2C[C@H](C1)[C@H](C(=O)O)O2. The van der Waals surface area contributed by atoms with Crippen molar-refractivity contribution >= 4 is 12.1 Å². The zero-order chi connectivity index (χ0) is 13.5. The summed E-state index contributed by atoms with van der Waals surface area (Å²) in [5, 5.41) is 9.01. The van der Waals surface area contributed by atoms with Crippen molar-refractivity contribution in [3.05, 3.63) is 0 Å². The van der Waals surface area contributed by atoms with Crippen molar-refractivity contribution in [3.63, 3.8) is 0 Å². The molecule has 0 saturated carbocycles. The van der Waals surface area contributed by atoms with Gasteiger partial charge in [0.2, 0.25) is 0 Å². The Morgan fingerprint density at radius 2 is 2.00 bits per heavy atom. The van der Waals surface area contributed by atoms with E-state index >= 15 is 0 Å². The van der Waals surface area contributed by atoms with E-state index in [-0.39, 0.29) is 12.0 Å². The predicted octanol–water partition coefficient (Wildman–Crippen LogP) is 1.10. The Labute approximate surface area is 106 Å². The summed E-state index contributed by atoms with van der Waals surface area (Å²) in [6, 6.07) is 0. The average Bonchev–Trinajstić information content (AvgIpc) is 2.51. The van der Waals surface area contributed by atoms with Gasteiger partial charge in [0.25, 0.3) is 0 Å². The lowest BCUT2D eigenvalue weighted by Gasteiger charge is -2.32. The largest absolute Gasteiger partial charge is 0.479 e. The Hall–Kier alpha value is -1.30. The molecule has 0 aromatic carbocycles. The van der Waals surface area contributed by atoms with Crippen LogP contribution in [0.4, 0.5) is 4.79 Å². The number of amides is 1. The number of hydrogen-bond acceptors (Lipinski definition) is 4. The van der Waals surface area contributed by atoms with Crippen LogP contribution in [0.1, 0.15) is 27.2 Å². The number of aliphatic carboxylic acids is 1. The van der Waals surface area contributed by atoms with Crippen LogP contribution in [0.3, 0.4) is 0 Å². The van der Waals surface area contributed by atoms with Gasteiger partial charge in [0.1, 0.15) is 5.60 Å². The molecule has 2 heterocycles. The van der Waals surface area contributed by atoms with Gasteiger partial charge in [-0.15, -0.1) is 0 Å². The van der Waals surface area contributed by atoms with E-state index in [2.05, 4.69) is 0 Å². The zero-order valence-electron chi connectivity index (χ0n) is 10.9. The highest BCUT2D eigenvalue weighted by Crippen LogP contribution is 2.33. The molecule has 0 unspecified atom stereocenters. The van der Waals surface area contributed by atoms with Gasteiger partial charge < -0.3 is 19.5 Å². The highest BCUT2D eigenvalue weighted by molar-refractivity contribution is 5.74. The first kappa shape index (κ1) is 13.1. The lowest BCUT2D eigenvalue weighted by molar-refractivity contribution is -0.150. The number of carboxylic acids is 1. The first-order valence-corrected chi connectivity index (χ1v) is 6.12. The van der Waals surface area contributed by atoms with Crippen molar-refractivity contribution in [1.29, 1.82) is 0 Å². The molecule has 6 nitrogen and oxygen atoms in total. The fourth-order valence-electron chi connectivity index (χ4n) is 2.46. The number of rotatable bonds is 1. The molecule has 0 spiro atoms. The summed E-state index contributed by atoms with van der Waals surface area (Å²) in [5.41, 5.74) is -0.541. The monoisotopic (exact) mass is 257 g/mol. The molecule has 102 valence electrons. The van der Waals surface area contributed by atoms with Crippen molar-refractivity contribution in [2.75, 3.05) is 13.1 Å². The van der Waals surface area contributed by atoms with Crippen molar-refractivity contribution in [1.82, 2.24) is 4.90 Å². The number of hydrogen-bond donors (Lipinski definition) is 1. The van der Waals surface area contributed by atoms with Gasteiger partial charge in [-0.1, -0.05) is 0 Å². The second kappa shape index (κ2) is 4.42. The van der Waals surface area contributed by atoms with Gasteiger partial charge in [0, 0.05) is 12.5 Å². The van der Waals surface area contributed by atoms with Crippen LogP contribution in [0.2, 0.25) is 0 Å². The van der Waals surface area contributed by atoms with Gasteiger partial charge in [0.05, 0.1) is 12.6 Å². The van der Waals surface area contributed by atoms with E-state index in [9.17, 15) is 9.59 Å². The summed E-state index contributed by atoms with van der Waals surface area (Å²) in [6.07, 6.45) is -0.664. The fraction of sp³-hybridized carbons (Fsp3) is 0.833. The molecular formula is C12H19NO5. The maximum absolute atomic E-state index is 11.9. The van der Waals surface area contributed by atoms with E-state index in [0.717, 1.165) is 0 Å². The molecule has 2 bridgehead atoms. The minimum absolute atomic E-state index is 0.131. The van der Waals surface area contributed by atoms with Gasteiger partial charge in [-0.3, -0.25) is 0 Å². The average molecular weight is 257 g/mol. The number of likely N-dealkylation sites (tertiary alicyclic amines) is 1. The number of carbonyl (C=O) groups excluding carboxylic acids is 1. The summed E-state index contributed by atoms with van der Waals surface area (Å²) in [5.74, 6) is -1.08. The standard InChI is InChI=1S/C12H19NO5/c1-12(2,3)18-11(16)13-5-7-4-8(6-13)17-9(7)10(14)15/h7-9H,4-6H2,1-3H3,(H,14,15)/t7-,8+,9-/m1/s1. The van der Waals surface area contributed by atoms with Gasteiger partial charge in [-0.25, -0.2) is 9.59 Å². The van der Waals surface area contributed by atoms with Crippen molar-refractivity contribution < 1.29 is 24.2 Å². The van der Waals surface area contributed by atoms with Crippen LogP contribution in [-0.4, -0.2) is 53.0 Å². The number of ether oxygens (including phenoxy) is 2. The van der Waals surface area contributed by atoms with E-state index in [0.29, 0.717) is 19.5 Å². The van der Waals surface area contributed by atoms with Crippen molar-refractivity contribution in [2.45, 2.75) is 45.0 Å². The van der Waals surface area contributed by atoms with Gasteiger partial charge in [-0.2, -0.15) is 0 Å². The number of carboxylic acid groups (broad SMARTS) is 1. The zero-order valence-corrected chi connectivity index (χ0v) is 10.9. The molecule has 2 fully saturated rings. The van der Waals surface area contributed by atoms with E-state index < -0.39 is 23.8 Å². The molecule has 2 saturated heterocycles. The Bertz CT molecular complexity index is 362. The predicted molar refractivity (Wildman–Crippen MR) is 62.2 cm³/mol. The van der Waals surface area contributed by atoms with Crippen LogP contribution in [-0.2, 0) is 14.3 Å².